The molecule has 5 nitrogen and oxygen atoms in total. The normalized spacial score (nSPS) is 23.7. The zero-order chi connectivity index (χ0) is 17.6. The lowest BCUT2D eigenvalue weighted by Crippen LogP contribution is -2.48. The van der Waals surface area contributed by atoms with Gasteiger partial charge in [0.1, 0.15) is 11.2 Å². The molecule has 0 saturated heterocycles. The first-order valence-electron chi connectivity index (χ1n) is 8.81. The van der Waals surface area contributed by atoms with Crippen molar-refractivity contribution < 1.29 is 9.53 Å². The van der Waals surface area contributed by atoms with Crippen LogP contribution in [-0.2, 0) is 4.74 Å². The van der Waals surface area contributed by atoms with Crippen LogP contribution in [0.1, 0.15) is 43.5 Å². The third-order valence-electron chi connectivity index (χ3n) is 6.04. The molecule has 3 aliphatic rings. The average molecular weight is 338 g/mol. The highest BCUT2D eigenvalue weighted by Crippen LogP contribution is 2.59. The molecule has 1 fully saturated rings. The zero-order valence-corrected chi connectivity index (χ0v) is 14.6. The summed E-state index contributed by atoms with van der Waals surface area (Å²) < 4.78 is 6.72. The van der Waals surface area contributed by atoms with Gasteiger partial charge in [-0.2, -0.15) is 0 Å². The number of hydrogen-bond donors (Lipinski definition) is 0. The van der Waals surface area contributed by atoms with Crippen molar-refractivity contribution in [3.05, 3.63) is 58.2 Å². The van der Waals surface area contributed by atoms with Gasteiger partial charge >= 0.3 is 5.97 Å². The Labute approximate surface area is 146 Å². The van der Waals surface area contributed by atoms with Gasteiger partial charge in [-0.1, -0.05) is 31.6 Å². The Morgan fingerprint density at radius 3 is 3.00 bits per heavy atom. The van der Waals surface area contributed by atoms with E-state index in [-0.39, 0.29) is 5.56 Å². The standard InChI is InChI=1S/C20H22N2O3/c1-20(2)14-7-6-13(16(20)11-14)8-10-25-19(24)15-12-21-17-5-3-4-9-22(17)18(15)23/h3-6,9,12,14,16H,7-8,10-11H2,1-2H3/t14-,16-/m0/s1. The van der Waals surface area contributed by atoms with E-state index in [9.17, 15) is 9.59 Å². The first kappa shape index (κ1) is 16.1. The Kier molecular flexibility index (Phi) is 3.74. The number of fused-ring (bicyclic) bond motifs is 2. The van der Waals surface area contributed by atoms with Crippen LogP contribution >= 0.6 is 0 Å². The maximum Gasteiger partial charge on any atom is 0.345 e. The van der Waals surface area contributed by atoms with Crippen LogP contribution in [0.25, 0.3) is 5.65 Å². The number of carbonyl (C=O) groups is 1. The number of hydrogen-bond acceptors (Lipinski definition) is 4. The van der Waals surface area contributed by atoms with Crippen LogP contribution in [0.5, 0.6) is 0 Å². The van der Waals surface area contributed by atoms with Crippen LogP contribution in [-0.4, -0.2) is 22.0 Å². The minimum Gasteiger partial charge on any atom is -0.462 e. The number of aromatic nitrogens is 2. The predicted octanol–water partition coefficient (Wildman–Crippen LogP) is 3.23. The lowest BCUT2D eigenvalue weighted by molar-refractivity contribution is -0.0103. The highest BCUT2D eigenvalue weighted by atomic mass is 16.5. The summed E-state index contributed by atoms with van der Waals surface area (Å²) in [5.74, 6) is 0.809. The van der Waals surface area contributed by atoms with Crippen molar-refractivity contribution in [1.29, 1.82) is 0 Å². The number of ether oxygens (including phenoxy) is 1. The van der Waals surface area contributed by atoms with E-state index in [0.717, 1.165) is 18.8 Å². The number of rotatable bonds is 4. The van der Waals surface area contributed by atoms with E-state index in [2.05, 4.69) is 24.9 Å². The second-order valence-electron chi connectivity index (χ2n) is 7.61. The fourth-order valence-corrected chi connectivity index (χ4v) is 4.26. The van der Waals surface area contributed by atoms with Crippen LogP contribution < -0.4 is 5.56 Å². The van der Waals surface area contributed by atoms with Crippen LogP contribution in [0.2, 0.25) is 0 Å². The summed E-state index contributed by atoms with van der Waals surface area (Å²) in [7, 11) is 0. The van der Waals surface area contributed by atoms with Crippen LogP contribution in [0.4, 0.5) is 0 Å². The van der Waals surface area contributed by atoms with E-state index in [1.165, 1.54) is 22.6 Å². The van der Waals surface area contributed by atoms with Crippen LogP contribution in [0.3, 0.4) is 0 Å². The monoisotopic (exact) mass is 338 g/mol. The van der Waals surface area contributed by atoms with Crippen molar-refractivity contribution in [1.82, 2.24) is 9.38 Å². The summed E-state index contributed by atoms with van der Waals surface area (Å²) >= 11 is 0. The summed E-state index contributed by atoms with van der Waals surface area (Å²) in [4.78, 5) is 28.8. The summed E-state index contributed by atoms with van der Waals surface area (Å²) in [6, 6.07) is 5.25. The third kappa shape index (κ3) is 2.58. The fourth-order valence-electron chi connectivity index (χ4n) is 4.26. The maximum atomic E-state index is 12.4. The zero-order valence-electron chi connectivity index (χ0n) is 14.6. The van der Waals surface area contributed by atoms with E-state index in [1.54, 1.807) is 24.4 Å². The molecule has 25 heavy (non-hydrogen) atoms. The van der Waals surface area contributed by atoms with Crippen molar-refractivity contribution in [2.45, 2.75) is 33.1 Å². The smallest absolute Gasteiger partial charge is 0.345 e. The second kappa shape index (κ2) is 5.83. The minimum absolute atomic E-state index is 0.0228. The lowest BCUT2D eigenvalue weighted by Gasteiger charge is -2.56. The van der Waals surface area contributed by atoms with Crippen molar-refractivity contribution in [2.24, 2.45) is 17.3 Å². The molecule has 0 amide bonds. The molecule has 5 heteroatoms. The molecule has 0 aromatic carbocycles. The van der Waals surface area contributed by atoms with Crippen molar-refractivity contribution in [3.63, 3.8) is 0 Å². The van der Waals surface area contributed by atoms with E-state index < -0.39 is 11.5 Å². The predicted molar refractivity (Wildman–Crippen MR) is 94.4 cm³/mol. The van der Waals surface area contributed by atoms with Gasteiger partial charge in [-0.3, -0.25) is 9.20 Å². The summed E-state index contributed by atoms with van der Waals surface area (Å²) in [6.45, 7) is 4.96. The summed E-state index contributed by atoms with van der Waals surface area (Å²) in [5, 5.41) is 0. The highest BCUT2D eigenvalue weighted by molar-refractivity contribution is 5.88. The molecule has 2 aromatic heterocycles. The molecular weight excluding hydrogens is 316 g/mol. The maximum absolute atomic E-state index is 12.4. The van der Waals surface area contributed by atoms with Gasteiger partial charge in [-0.25, -0.2) is 9.78 Å². The molecule has 0 N–H and O–H groups in total. The van der Waals surface area contributed by atoms with Crippen LogP contribution in [0, 0.1) is 17.3 Å². The Morgan fingerprint density at radius 1 is 1.40 bits per heavy atom. The third-order valence-corrected chi connectivity index (χ3v) is 6.04. The van der Waals surface area contributed by atoms with E-state index in [1.807, 2.05) is 0 Å². The first-order valence-corrected chi connectivity index (χ1v) is 8.81. The Hall–Kier alpha value is -2.43. The molecule has 2 atom stereocenters. The molecule has 1 saturated carbocycles. The summed E-state index contributed by atoms with van der Waals surface area (Å²) in [6.07, 6.45) is 8.34. The van der Waals surface area contributed by atoms with Gasteiger partial charge in [-0.15, -0.1) is 0 Å². The molecule has 2 heterocycles. The van der Waals surface area contributed by atoms with E-state index in [0.29, 0.717) is 23.6 Å². The molecular formula is C20H22N2O3. The van der Waals surface area contributed by atoms with Gasteiger partial charge in [-0.05, 0) is 42.2 Å². The van der Waals surface area contributed by atoms with Gasteiger partial charge in [0, 0.05) is 18.8 Å². The fraction of sp³-hybridized carbons (Fsp3) is 0.450. The van der Waals surface area contributed by atoms with Crippen molar-refractivity contribution in [2.75, 3.05) is 6.61 Å². The second-order valence-corrected chi connectivity index (χ2v) is 7.61. The van der Waals surface area contributed by atoms with E-state index >= 15 is 0 Å². The molecule has 5 rings (SSSR count). The Balaban J connectivity index is 1.43. The molecule has 0 spiro atoms. The number of esters is 1. The van der Waals surface area contributed by atoms with Gasteiger partial charge in [0.2, 0.25) is 0 Å². The number of nitrogens with zero attached hydrogens (tertiary/aromatic N) is 2. The largest absolute Gasteiger partial charge is 0.462 e. The molecule has 0 aliphatic heterocycles. The molecule has 2 aromatic rings. The molecule has 2 bridgehead atoms. The van der Waals surface area contributed by atoms with Crippen molar-refractivity contribution >= 4 is 11.6 Å². The molecule has 0 radical (unpaired) electrons. The van der Waals surface area contributed by atoms with Crippen molar-refractivity contribution in [3.8, 4) is 0 Å². The van der Waals surface area contributed by atoms with Gasteiger partial charge in [0.25, 0.3) is 5.56 Å². The van der Waals surface area contributed by atoms with Gasteiger partial charge in [0.15, 0.2) is 0 Å². The highest BCUT2D eigenvalue weighted by Gasteiger charge is 2.50. The van der Waals surface area contributed by atoms with Gasteiger partial charge < -0.3 is 4.74 Å². The lowest BCUT2D eigenvalue weighted by atomic mass is 9.48. The average Bonchev–Trinajstić information content (AvgIpc) is 2.62. The summed E-state index contributed by atoms with van der Waals surface area (Å²) in [5.41, 5.74) is 1.86. The quantitative estimate of drug-likeness (QED) is 0.634. The first-order chi connectivity index (χ1) is 12.0. The SMILES string of the molecule is CC1(C)[C@H]2CC=C(CCOC(=O)c3cnc4ccccn4c3=O)[C@@H]1C2. The molecule has 130 valence electrons. The Bertz CT molecular complexity index is 926. The van der Waals surface area contributed by atoms with E-state index in [4.69, 9.17) is 4.74 Å². The molecule has 0 unspecified atom stereocenters. The number of pyridine rings is 1. The number of allylic oxidation sites excluding steroid dienone is 1. The molecule has 3 aliphatic carbocycles. The topological polar surface area (TPSA) is 60.7 Å². The van der Waals surface area contributed by atoms with Crippen LogP contribution in [0.15, 0.2) is 47.0 Å². The van der Waals surface area contributed by atoms with Gasteiger partial charge in [0.05, 0.1) is 6.61 Å². The Morgan fingerprint density at radius 2 is 2.24 bits per heavy atom. The minimum atomic E-state index is -0.599. The number of carbonyl (C=O) groups excluding carboxylic acids is 1.